The number of ketones is 1. The number of halogens is 4. The van der Waals surface area contributed by atoms with E-state index in [0.29, 0.717) is 56.6 Å². The number of rotatable bonds is 6. The number of ether oxygens (including phenoxy) is 2. The van der Waals surface area contributed by atoms with E-state index >= 15 is 13.6 Å². The quantitative estimate of drug-likeness (QED) is 0.157. The van der Waals surface area contributed by atoms with Crippen molar-refractivity contribution in [1.82, 2.24) is 19.8 Å². The lowest BCUT2D eigenvalue weighted by Crippen LogP contribution is -2.32. The van der Waals surface area contributed by atoms with E-state index in [1.165, 1.54) is 9.13 Å². The molecule has 0 saturated heterocycles. The topological polar surface area (TPSA) is 138 Å². The molecule has 308 valence electrons. The smallest absolute Gasteiger partial charge is 0.419 e. The van der Waals surface area contributed by atoms with Crippen molar-refractivity contribution < 1.29 is 42.2 Å². The van der Waals surface area contributed by atoms with Gasteiger partial charge in [-0.2, -0.15) is 0 Å². The lowest BCUT2D eigenvalue weighted by Gasteiger charge is -2.24. The molecular weight excluding hydrogens is 817 g/mol. The lowest BCUT2D eigenvalue weighted by atomic mass is 9.87. The molecule has 4 heterocycles. The monoisotopic (exact) mass is 854 g/mol. The van der Waals surface area contributed by atoms with Crippen LogP contribution in [0.25, 0.3) is 44.3 Å². The summed E-state index contributed by atoms with van der Waals surface area (Å²) in [4.78, 5) is 66.6. The van der Waals surface area contributed by atoms with Crippen molar-refractivity contribution in [2.24, 2.45) is 0 Å². The van der Waals surface area contributed by atoms with Crippen molar-refractivity contribution in [2.75, 3.05) is 0 Å². The molecule has 15 heteroatoms. The van der Waals surface area contributed by atoms with Gasteiger partial charge in [-0.05, 0) is 124 Å². The highest BCUT2D eigenvalue weighted by Crippen LogP contribution is 2.47. The summed E-state index contributed by atoms with van der Waals surface area (Å²) in [5.74, 6) is -2.07. The minimum atomic E-state index is -1.17. The molecule has 0 radical (unpaired) electrons. The van der Waals surface area contributed by atoms with Crippen LogP contribution in [0.1, 0.15) is 96.6 Å². The molecule has 2 unspecified atom stereocenters. The molecule has 60 heavy (non-hydrogen) atoms. The summed E-state index contributed by atoms with van der Waals surface area (Å²) in [7, 11) is 0. The SMILES string of the molecule is CC(C)(C)OC(=O)n1c(-c2cc(F)c(Cl)c3c2C(C(=O)C2NCc4c(Cl)c(F)cc(-c5cc6cc(C=O)ccc6n5C(=O)OC(C)(C)C)c42)NC3)cc2cc(C=O)ccc21. The van der Waals surface area contributed by atoms with Crippen LogP contribution in [0.3, 0.4) is 0 Å². The van der Waals surface area contributed by atoms with Crippen molar-refractivity contribution in [1.29, 1.82) is 0 Å². The standard InChI is InChI=1S/C45H38Cl2F2N4O7/c1-44(2,3)59-42(57)52-31-9-7-21(19-54)11-23(31)13-33(52)25-15-29(48)37(46)27-17-50-39(35(25)27)41(56)40-36-26(16-30(49)38(47)28(36)18-51-40)34-14-24-12-22(20-55)8-10-32(24)53(34)43(58)60-45(4,5)6/h7-16,19-20,39-40,50-51H,17-18H2,1-6H3. The minimum absolute atomic E-state index is 0.0279. The molecule has 2 aliphatic rings. The summed E-state index contributed by atoms with van der Waals surface area (Å²) >= 11 is 13.2. The molecule has 0 saturated carbocycles. The summed E-state index contributed by atoms with van der Waals surface area (Å²) in [6.45, 7) is 10.2. The Balaban J connectivity index is 1.31. The molecule has 4 aromatic carbocycles. The average Bonchev–Trinajstić information content (AvgIpc) is 3.98. The van der Waals surface area contributed by atoms with Gasteiger partial charge in [0.25, 0.3) is 0 Å². The Bertz CT molecular complexity index is 2680. The molecule has 6 aromatic rings. The van der Waals surface area contributed by atoms with E-state index in [1.54, 1.807) is 90.1 Å². The molecule has 11 nitrogen and oxygen atoms in total. The van der Waals surface area contributed by atoms with Crippen molar-refractivity contribution >= 4 is 75.5 Å². The van der Waals surface area contributed by atoms with Gasteiger partial charge in [-0.1, -0.05) is 23.2 Å². The van der Waals surface area contributed by atoms with Crippen molar-refractivity contribution in [3.63, 3.8) is 0 Å². The van der Waals surface area contributed by atoms with E-state index in [0.717, 1.165) is 12.1 Å². The van der Waals surface area contributed by atoms with Gasteiger partial charge in [0, 0.05) is 46.1 Å². The van der Waals surface area contributed by atoms with E-state index in [4.69, 9.17) is 32.7 Å². The summed E-state index contributed by atoms with van der Waals surface area (Å²) in [6.07, 6.45) is -0.234. The average molecular weight is 856 g/mol. The first-order chi connectivity index (χ1) is 28.3. The van der Waals surface area contributed by atoms with Gasteiger partial charge in [0.2, 0.25) is 0 Å². The van der Waals surface area contributed by atoms with E-state index < -0.39 is 52.9 Å². The van der Waals surface area contributed by atoms with Crippen LogP contribution in [0.15, 0.2) is 60.7 Å². The van der Waals surface area contributed by atoms with Gasteiger partial charge >= 0.3 is 12.2 Å². The second-order valence-corrected chi connectivity index (χ2v) is 17.6. The number of hydrogen-bond acceptors (Lipinski definition) is 9. The first-order valence-corrected chi connectivity index (χ1v) is 19.8. The number of carbonyl (C=O) groups excluding carboxylic acids is 5. The Morgan fingerprint density at radius 3 is 1.38 bits per heavy atom. The maximum Gasteiger partial charge on any atom is 0.419 e. The highest BCUT2D eigenvalue weighted by Gasteiger charge is 2.43. The first-order valence-electron chi connectivity index (χ1n) is 19.0. The lowest BCUT2D eigenvalue weighted by molar-refractivity contribution is -0.123. The fraction of sp³-hybridized carbons (Fsp3) is 0.267. The number of fused-ring (bicyclic) bond motifs is 4. The summed E-state index contributed by atoms with van der Waals surface area (Å²) in [6, 6.07) is 12.6. The van der Waals surface area contributed by atoms with Gasteiger partial charge in [-0.3, -0.25) is 25.0 Å². The number of hydrogen-bond donors (Lipinski definition) is 2. The maximum atomic E-state index is 15.9. The number of aldehydes is 2. The molecular formula is C45H38Cl2F2N4O7. The van der Waals surface area contributed by atoms with Crippen molar-refractivity contribution in [2.45, 2.75) is 77.9 Å². The Hall–Kier alpha value is -5.73. The Morgan fingerprint density at radius 2 is 1.03 bits per heavy atom. The van der Waals surface area contributed by atoms with Crippen molar-refractivity contribution in [3.05, 3.63) is 116 Å². The van der Waals surface area contributed by atoms with Crippen LogP contribution in [-0.2, 0) is 27.4 Å². The first kappa shape index (κ1) is 41.0. The minimum Gasteiger partial charge on any atom is -0.443 e. The second kappa shape index (κ2) is 14.8. The summed E-state index contributed by atoms with van der Waals surface area (Å²) < 4.78 is 45.8. The van der Waals surface area contributed by atoms with Crippen LogP contribution in [0.4, 0.5) is 18.4 Å². The molecule has 0 aliphatic carbocycles. The zero-order valence-corrected chi connectivity index (χ0v) is 34.8. The molecule has 2 aliphatic heterocycles. The summed E-state index contributed by atoms with van der Waals surface area (Å²) in [5.41, 5.74) is 1.41. The molecule has 2 atom stereocenters. The molecule has 0 amide bonds. The zero-order chi connectivity index (χ0) is 43.2. The maximum absolute atomic E-state index is 15.9. The van der Waals surface area contributed by atoms with E-state index in [9.17, 15) is 19.2 Å². The van der Waals surface area contributed by atoms with E-state index in [2.05, 4.69) is 10.6 Å². The molecule has 0 spiro atoms. The fourth-order valence-corrected chi connectivity index (χ4v) is 8.54. The van der Waals surface area contributed by atoms with Crippen LogP contribution < -0.4 is 10.6 Å². The second-order valence-electron chi connectivity index (χ2n) is 16.8. The predicted molar refractivity (Wildman–Crippen MR) is 223 cm³/mol. The number of nitrogens with one attached hydrogen (secondary N) is 2. The van der Waals surface area contributed by atoms with E-state index in [-0.39, 0.29) is 56.8 Å². The Kier molecular flexibility index (Phi) is 10.1. The Labute approximate surface area is 352 Å². The van der Waals surface area contributed by atoms with Crippen LogP contribution in [0, 0.1) is 11.6 Å². The van der Waals surface area contributed by atoms with Gasteiger partial charge in [-0.25, -0.2) is 27.5 Å². The van der Waals surface area contributed by atoms with Gasteiger partial charge in [0.15, 0.2) is 5.78 Å². The van der Waals surface area contributed by atoms with Crippen LogP contribution in [0.2, 0.25) is 10.0 Å². The van der Waals surface area contributed by atoms with Gasteiger partial charge in [-0.15, -0.1) is 0 Å². The molecule has 2 N–H and O–H groups in total. The van der Waals surface area contributed by atoms with Gasteiger partial charge in [0.05, 0.1) is 44.6 Å². The largest absolute Gasteiger partial charge is 0.443 e. The number of benzene rings is 4. The third-order valence-corrected chi connectivity index (χ3v) is 11.3. The third kappa shape index (κ3) is 6.98. The number of nitrogens with zero attached hydrogens (tertiary/aromatic N) is 2. The molecule has 0 fully saturated rings. The van der Waals surface area contributed by atoms with Crippen LogP contribution in [-0.4, -0.2) is 50.9 Å². The van der Waals surface area contributed by atoms with Crippen molar-refractivity contribution in [3.8, 4) is 22.5 Å². The predicted octanol–water partition coefficient (Wildman–Crippen LogP) is 10.3. The Morgan fingerprint density at radius 1 is 0.650 bits per heavy atom. The zero-order valence-electron chi connectivity index (χ0n) is 33.3. The van der Waals surface area contributed by atoms with Gasteiger partial charge < -0.3 is 9.47 Å². The number of Topliss-reactive ketones (excluding diaryl/α,β-unsaturated/α-hetero) is 1. The molecule has 2 aromatic heterocycles. The highest BCUT2D eigenvalue weighted by atomic mass is 35.5. The summed E-state index contributed by atoms with van der Waals surface area (Å²) in [5, 5.41) is 6.90. The molecule has 8 rings (SSSR count). The van der Waals surface area contributed by atoms with Crippen LogP contribution >= 0.6 is 23.2 Å². The van der Waals surface area contributed by atoms with Gasteiger partial charge in [0.1, 0.15) is 35.4 Å². The molecule has 0 bridgehead atoms. The van der Waals surface area contributed by atoms with E-state index in [1.807, 2.05) is 0 Å². The highest BCUT2D eigenvalue weighted by molar-refractivity contribution is 6.32. The number of carbonyl (C=O) groups is 5. The normalized spacial score (nSPS) is 16.2. The number of aromatic nitrogens is 2. The van der Waals surface area contributed by atoms with Crippen LogP contribution in [0.5, 0.6) is 0 Å². The fourth-order valence-electron chi connectivity index (χ4n) is 8.10. The third-order valence-electron chi connectivity index (χ3n) is 10.5.